The summed E-state index contributed by atoms with van der Waals surface area (Å²) in [6.07, 6.45) is 1.25. The van der Waals surface area contributed by atoms with E-state index in [2.05, 4.69) is 0 Å². The number of benzene rings is 1. The van der Waals surface area contributed by atoms with Gasteiger partial charge in [-0.15, -0.1) is 0 Å². The highest BCUT2D eigenvalue weighted by molar-refractivity contribution is 5.81. The van der Waals surface area contributed by atoms with Crippen molar-refractivity contribution in [3.05, 3.63) is 29.3 Å². The molecule has 1 heterocycles. The van der Waals surface area contributed by atoms with Crippen LogP contribution in [0.2, 0.25) is 0 Å². The van der Waals surface area contributed by atoms with Crippen LogP contribution >= 0.6 is 0 Å². The van der Waals surface area contributed by atoms with Crippen LogP contribution in [0.4, 0.5) is 0 Å². The summed E-state index contributed by atoms with van der Waals surface area (Å²) in [7, 11) is 3.44. The average molecular weight is 292 g/mol. The van der Waals surface area contributed by atoms with Gasteiger partial charge in [-0.05, 0) is 25.8 Å². The number of hydrogen-bond acceptors (Lipinski definition) is 4. The summed E-state index contributed by atoms with van der Waals surface area (Å²) in [4.78, 5) is 14.1. The highest BCUT2D eigenvalue weighted by atomic mass is 16.5. The molecule has 5 nitrogen and oxygen atoms in total. The van der Waals surface area contributed by atoms with Crippen molar-refractivity contribution in [2.45, 2.75) is 38.5 Å². The largest absolute Gasteiger partial charge is 0.496 e. The zero-order chi connectivity index (χ0) is 15.4. The lowest BCUT2D eigenvalue weighted by molar-refractivity contribution is -0.141. The van der Waals surface area contributed by atoms with E-state index in [0.29, 0.717) is 13.1 Å². The number of aryl methyl sites for hydroxylation is 1. The molecular weight excluding hydrogens is 268 g/mol. The number of ether oxygens (including phenoxy) is 2. The van der Waals surface area contributed by atoms with Crippen molar-refractivity contribution in [3.8, 4) is 5.75 Å². The Balaban J connectivity index is 2.02. The molecule has 1 amide bonds. The van der Waals surface area contributed by atoms with Crippen molar-refractivity contribution in [2.24, 2.45) is 5.73 Å². The van der Waals surface area contributed by atoms with E-state index in [1.807, 2.05) is 25.1 Å². The maximum Gasteiger partial charge on any atom is 0.251 e. The number of methoxy groups -OCH3 is 1. The molecule has 0 bridgehead atoms. The minimum absolute atomic E-state index is 0.00880. The van der Waals surface area contributed by atoms with E-state index in [4.69, 9.17) is 15.2 Å². The van der Waals surface area contributed by atoms with E-state index in [0.717, 1.165) is 29.7 Å². The molecule has 0 radical (unpaired) electrons. The molecule has 0 spiro atoms. The number of carbonyl (C=O) groups excluding carboxylic acids is 1. The lowest BCUT2D eigenvalue weighted by atomic mass is 10.1. The number of carbonyl (C=O) groups is 1. The maximum absolute atomic E-state index is 12.4. The lowest BCUT2D eigenvalue weighted by Crippen LogP contribution is -2.36. The highest BCUT2D eigenvalue weighted by Crippen LogP contribution is 2.24. The van der Waals surface area contributed by atoms with Crippen LogP contribution in [0.3, 0.4) is 0 Å². The van der Waals surface area contributed by atoms with E-state index in [1.54, 1.807) is 19.1 Å². The van der Waals surface area contributed by atoms with Crippen LogP contribution in [0.25, 0.3) is 0 Å². The normalized spacial score (nSPS) is 21.3. The second kappa shape index (κ2) is 6.91. The van der Waals surface area contributed by atoms with Crippen LogP contribution in [0.1, 0.15) is 24.0 Å². The van der Waals surface area contributed by atoms with Gasteiger partial charge < -0.3 is 20.1 Å². The Morgan fingerprint density at radius 3 is 2.86 bits per heavy atom. The van der Waals surface area contributed by atoms with E-state index in [-0.39, 0.29) is 18.1 Å². The van der Waals surface area contributed by atoms with Gasteiger partial charge in [-0.25, -0.2) is 0 Å². The molecule has 2 rings (SSSR count). The monoisotopic (exact) mass is 292 g/mol. The third kappa shape index (κ3) is 3.74. The van der Waals surface area contributed by atoms with Gasteiger partial charge in [0.1, 0.15) is 11.9 Å². The molecule has 1 aliphatic rings. The molecular formula is C16H24N2O3. The minimum Gasteiger partial charge on any atom is -0.496 e. The summed E-state index contributed by atoms with van der Waals surface area (Å²) < 4.78 is 11.0. The van der Waals surface area contributed by atoms with Crippen molar-refractivity contribution in [1.82, 2.24) is 4.90 Å². The molecule has 0 aromatic heterocycles. The SMILES string of the molecule is COc1ccc(C)cc1CN(C)C(=O)C1CCC(CN)O1. The average Bonchev–Trinajstić information content (AvgIpc) is 2.95. The Labute approximate surface area is 126 Å². The summed E-state index contributed by atoms with van der Waals surface area (Å²) in [5, 5.41) is 0. The van der Waals surface area contributed by atoms with Gasteiger partial charge in [-0.2, -0.15) is 0 Å². The fourth-order valence-electron chi connectivity index (χ4n) is 2.67. The molecule has 1 fully saturated rings. The molecule has 0 saturated carbocycles. The third-order valence-electron chi connectivity index (χ3n) is 3.87. The van der Waals surface area contributed by atoms with E-state index >= 15 is 0 Å². The zero-order valence-electron chi connectivity index (χ0n) is 13.0. The Bertz CT molecular complexity index is 504. The molecule has 5 heteroatoms. The van der Waals surface area contributed by atoms with Crippen molar-refractivity contribution in [3.63, 3.8) is 0 Å². The van der Waals surface area contributed by atoms with E-state index < -0.39 is 0 Å². The number of nitrogens with zero attached hydrogens (tertiary/aromatic N) is 1. The summed E-state index contributed by atoms with van der Waals surface area (Å²) in [6, 6.07) is 5.97. The van der Waals surface area contributed by atoms with Crippen LogP contribution in [0, 0.1) is 6.92 Å². The Morgan fingerprint density at radius 1 is 1.48 bits per heavy atom. The topological polar surface area (TPSA) is 64.8 Å². The van der Waals surface area contributed by atoms with Gasteiger partial charge in [-0.3, -0.25) is 4.79 Å². The number of hydrogen-bond donors (Lipinski definition) is 1. The Morgan fingerprint density at radius 2 is 2.24 bits per heavy atom. The van der Waals surface area contributed by atoms with Crippen LogP contribution in [0.15, 0.2) is 18.2 Å². The van der Waals surface area contributed by atoms with Gasteiger partial charge in [0.25, 0.3) is 5.91 Å². The fourth-order valence-corrected chi connectivity index (χ4v) is 2.67. The molecule has 2 unspecified atom stereocenters. The van der Waals surface area contributed by atoms with Crippen molar-refractivity contribution in [2.75, 3.05) is 20.7 Å². The summed E-state index contributed by atoms with van der Waals surface area (Å²) >= 11 is 0. The Hall–Kier alpha value is -1.59. The summed E-state index contributed by atoms with van der Waals surface area (Å²) in [5.74, 6) is 0.807. The predicted octanol–water partition coefficient (Wildman–Crippen LogP) is 1.47. The first-order chi connectivity index (χ1) is 10.0. The smallest absolute Gasteiger partial charge is 0.251 e. The molecule has 1 saturated heterocycles. The molecule has 21 heavy (non-hydrogen) atoms. The van der Waals surface area contributed by atoms with Gasteiger partial charge in [0.15, 0.2) is 0 Å². The number of amides is 1. The van der Waals surface area contributed by atoms with Gasteiger partial charge in [0, 0.05) is 25.7 Å². The van der Waals surface area contributed by atoms with Crippen LogP contribution in [-0.2, 0) is 16.1 Å². The molecule has 116 valence electrons. The van der Waals surface area contributed by atoms with Crippen LogP contribution in [-0.4, -0.2) is 43.7 Å². The van der Waals surface area contributed by atoms with Crippen LogP contribution in [0.5, 0.6) is 5.75 Å². The van der Waals surface area contributed by atoms with E-state index in [9.17, 15) is 4.79 Å². The maximum atomic E-state index is 12.4. The fraction of sp³-hybridized carbons (Fsp3) is 0.562. The van der Waals surface area contributed by atoms with Crippen molar-refractivity contribution in [1.29, 1.82) is 0 Å². The summed E-state index contributed by atoms with van der Waals surface area (Å²) in [6.45, 7) is 3.01. The van der Waals surface area contributed by atoms with Crippen molar-refractivity contribution < 1.29 is 14.3 Å². The zero-order valence-corrected chi connectivity index (χ0v) is 13.0. The third-order valence-corrected chi connectivity index (χ3v) is 3.87. The predicted molar refractivity (Wildman–Crippen MR) is 81.2 cm³/mol. The van der Waals surface area contributed by atoms with Gasteiger partial charge in [0.05, 0.1) is 13.2 Å². The standard InChI is InChI=1S/C16H24N2O3/c1-11-4-6-14(20-3)12(8-11)10-18(2)16(19)15-7-5-13(9-17)21-15/h4,6,8,13,15H,5,7,9-10,17H2,1-3H3. The first kappa shape index (κ1) is 15.8. The Kier molecular flexibility index (Phi) is 5.20. The highest BCUT2D eigenvalue weighted by Gasteiger charge is 2.31. The summed E-state index contributed by atoms with van der Waals surface area (Å²) in [5.41, 5.74) is 7.73. The minimum atomic E-state index is -0.362. The molecule has 1 aromatic carbocycles. The second-order valence-corrected chi connectivity index (χ2v) is 5.57. The van der Waals surface area contributed by atoms with E-state index in [1.165, 1.54) is 0 Å². The first-order valence-electron chi connectivity index (χ1n) is 7.29. The molecule has 2 atom stereocenters. The number of nitrogens with two attached hydrogens (primary N) is 1. The van der Waals surface area contributed by atoms with Crippen LogP contribution < -0.4 is 10.5 Å². The van der Waals surface area contributed by atoms with Gasteiger partial charge in [0.2, 0.25) is 0 Å². The number of rotatable bonds is 5. The molecule has 1 aliphatic heterocycles. The van der Waals surface area contributed by atoms with Gasteiger partial charge >= 0.3 is 0 Å². The number of likely N-dealkylation sites (N-methyl/N-ethyl adjacent to an activating group) is 1. The van der Waals surface area contributed by atoms with Crippen molar-refractivity contribution >= 4 is 5.91 Å². The second-order valence-electron chi connectivity index (χ2n) is 5.57. The quantitative estimate of drug-likeness (QED) is 0.892. The lowest BCUT2D eigenvalue weighted by Gasteiger charge is -2.22. The molecule has 2 N–H and O–H groups in total. The molecule has 1 aromatic rings. The molecule has 0 aliphatic carbocycles. The first-order valence-corrected chi connectivity index (χ1v) is 7.29. The van der Waals surface area contributed by atoms with Gasteiger partial charge in [-0.1, -0.05) is 17.7 Å².